The summed E-state index contributed by atoms with van der Waals surface area (Å²) < 4.78 is 20.3. The van der Waals surface area contributed by atoms with Gasteiger partial charge in [-0.15, -0.1) is 0 Å². The molecule has 2 N–H and O–H groups in total. The number of hydroxylamine groups is 2. The average Bonchev–Trinajstić information content (AvgIpc) is 3.33. The van der Waals surface area contributed by atoms with Crippen LogP contribution in [0.1, 0.15) is 49.9 Å². The molecule has 1 aliphatic carbocycles. The first kappa shape index (κ1) is 25.7. The third-order valence-corrected chi connectivity index (χ3v) is 6.54. The van der Waals surface area contributed by atoms with Gasteiger partial charge in [-0.2, -0.15) is 0 Å². The van der Waals surface area contributed by atoms with E-state index < -0.39 is 11.7 Å². The van der Waals surface area contributed by atoms with Gasteiger partial charge in [-0.05, 0) is 43.3 Å². The molecule has 0 unspecified atom stereocenters. The number of carbonyl (C=O) groups excluding carboxylic acids is 2. The van der Waals surface area contributed by atoms with Gasteiger partial charge in [0.2, 0.25) is 17.6 Å². The van der Waals surface area contributed by atoms with Gasteiger partial charge in [0.05, 0.1) is 37.9 Å². The van der Waals surface area contributed by atoms with Gasteiger partial charge in [-0.3, -0.25) is 19.7 Å². The van der Waals surface area contributed by atoms with Crippen LogP contribution in [-0.4, -0.2) is 76.8 Å². The summed E-state index contributed by atoms with van der Waals surface area (Å²) in [5, 5.41) is 12.7. The van der Waals surface area contributed by atoms with Crippen LogP contribution in [0.3, 0.4) is 0 Å². The number of morpholine rings is 1. The maximum Gasteiger partial charge on any atom is 0.233 e. The van der Waals surface area contributed by atoms with Crippen LogP contribution in [0.15, 0.2) is 0 Å². The fraction of sp³-hybridized carbons (Fsp3) is 0.727. The second-order valence-electron chi connectivity index (χ2n) is 8.79. The van der Waals surface area contributed by atoms with Crippen LogP contribution in [0.25, 0.3) is 0 Å². The highest BCUT2D eigenvalue weighted by molar-refractivity contribution is 6.28. The molecule has 11 heteroatoms. The molecule has 0 bridgehead atoms. The van der Waals surface area contributed by atoms with Crippen LogP contribution >= 0.6 is 11.6 Å². The highest BCUT2D eigenvalue weighted by Gasteiger charge is 2.27. The van der Waals surface area contributed by atoms with Gasteiger partial charge in [0, 0.05) is 13.1 Å². The zero-order chi connectivity index (χ0) is 23.6. The van der Waals surface area contributed by atoms with E-state index in [1.807, 2.05) is 0 Å². The van der Waals surface area contributed by atoms with Crippen LogP contribution in [0, 0.1) is 17.7 Å². The van der Waals surface area contributed by atoms with E-state index in [1.54, 1.807) is 0 Å². The molecule has 1 saturated heterocycles. The number of carbonyl (C=O) groups is 2. The predicted molar refractivity (Wildman–Crippen MR) is 119 cm³/mol. The van der Waals surface area contributed by atoms with E-state index in [1.165, 1.54) is 0 Å². The number of hydrogen-bond donors (Lipinski definition) is 2. The third kappa shape index (κ3) is 8.13. The van der Waals surface area contributed by atoms with Crippen molar-refractivity contribution in [2.75, 3.05) is 39.4 Å². The van der Waals surface area contributed by atoms with Crippen LogP contribution in [0.5, 0.6) is 0 Å². The zero-order valence-electron chi connectivity index (χ0n) is 18.8. The molecule has 1 aromatic rings. The maximum atomic E-state index is 15.0. The van der Waals surface area contributed by atoms with E-state index in [9.17, 15) is 19.2 Å². The molecule has 1 aromatic heterocycles. The largest absolute Gasteiger partial charge is 0.379 e. The molecule has 0 aromatic carbocycles. The van der Waals surface area contributed by atoms with Gasteiger partial charge in [0.15, 0.2) is 5.82 Å². The van der Waals surface area contributed by atoms with Gasteiger partial charge in [-0.25, -0.2) is 19.4 Å². The van der Waals surface area contributed by atoms with Crippen LogP contribution in [0.2, 0.25) is 5.28 Å². The van der Waals surface area contributed by atoms with Gasteiger partial charge in [-0.1, -0.05) is 25.7 Å². The second-order valence-corrected chi connectivity index (χ2v) is 9.12. The Kier molecular flexibility index (Phi) is 10.2. The molecular formula is C22H33ClFN5O4. The molecule has 2 heterocycles. The molecule has 1 atom stereocenters. The predicted octanol–water partition coefficient (Wildman–Crippen LogP) is 2.19. The smallest absolute Gasteiger partial charge is 0.233 e. The lowest BCUT2D eigenvalue weighted by Gasteiger charge is -2.26. The quantitative estimate of drug-likeness (QED) is 0.202. The van der Waals surface area contributed by atoms with Gasteiger partial charge in [0.1, 0.15) is 5.69 Å². The summed E-state index contributed by atoms with van der Waals surface area (Å²) in [5.74, 6) is -1.13. The summed E-state index contributed by atoms with van der Waals surface area (Å²) in [4.78, 5) is 33.9. The molecule has 2 amide bonds. The average molecular weight is 486 g/mol. The van der Waals surface area contributed by atoms with Crippen molar-refractivity contribution < 1.29 is 23.9 Å². The van der Waals surface area contributed by atoms with Crippen LogP contribution in [-0.2, 0) is 27.3 Å². The van der Waals surface area contributed by atoms with E-state index in [-0.39, 0.29) is 42.1 Å². The first-order chi connectivity index (χ1) is 16.0. The Hall–Kier alpha value is -1.88. The summed E-state index contributed by atoms with van der Waals surface area (Å²) >= 11 is 6.02. The highest BCUT2D eigenvalue weighted by Crippen LogP contribution is 2.30. The van der Waals surface area contributed by atoms with Gasteiger partial charge >= 0.3 is 0 Å². The number of aromatic nitrogens is 2. The summed E-state index contributed by atoms with van der Waals surface area (Å²) in [6.07, 6.45) is 6.27. The molecular weight excluding hydrogens is 453 g/mol. The number of hydrogen-bond acceptors (Lipinski definition) is 7. The Morgan fingerprint density at radius 3 is 2.70 bits per heavy atom. The molecule has 2 aliphatic rings. The maximum absolute atomic E-state index is 15.0. The lowest BCUT2D eigenvalue weighted by molar-refractivity contribution is -0.155. The fourth-order valence-electron chi connectivity index (χ4n) is 4.59. The first-order valence-corrected chi connectivity index (χ1v) is 12.0. The van der Waals surface area contributed by atoms with Gasteiger partial charge < -0.3 is 10.1 Å². The Morgan fingerprint density at radius 1 is 1.30 bits per heavy atom. The monoisotopic (exact) mass is 485 g/mol. The SMILES string of the molecule is O=CN(O)C[C@@H](CC1CCCC1)C(=O)NCc1nc(Cl)nc(CCCN2CCOCC2)c1F. The molecule has 33 heavy (non-hydrogen) atoms. The highest BCUT2D eigenvalue weighted by atomic mass is 35.5. The second kappa shape index (κ2) is 13.1. The zero-order valence-corrected chi connectivity index (χ0v) is 19.6. The van der Waals surface area contributed by atoms with E-state index in [0.29, 0.717) is 37.0 Å². The lowest BCUT2D eigenvalue weighted by Crippen LogP contribution is -2.38. The molecule has 1 saturated carbocycles. The number of nitrogens with one attached hydrogen (secondary N) is 1. The molecule has 2 fully saturated rings. The van der Waals surface area contributed by atoms with Crippen LogP contribution in [0.4, 0.5) is 4.39 Å². The number of ether oxygens (including phenoxy) is 1. The van der Waals surface area contributed by atoms with E-state index in [2.05, 4.69) is 20.2 Å². The Balaban J connectivity index is 1.57. The summed E-state index contributed by atoms with van der Waals surface area (Å²) in [6.45, 7) is 3.71. The van der Waals surface area contributed by atoms with Gasteiger partial charge in [0.25, 0.3) is 0 Å². The van der Waals surface area contributed by atoms with Crippen molar-refractivity contribution >= 4 is 23.9 Å². The van der Waals surface area contributed by atoms with E-state index in [0.717, 1.165) is 51.7 Å². The molecule has 9 nitrogen and oxygen atoms in total. The number of halogens is 2. The number of aryl methyl sites for hydroxylation is 1. The van der Waals surface area contributed by atoms with E-state index in [4.69, 9.17) is 16.3 Å². The standard InChI is InChI=1S/C22H33ClFN5O4/c23-22-26-18(6-3-7-28-8-10-33-11-9-28)20(24)19(27-22)13-25-21(31)17(14-29(32)15-30)12-16-4-1-2-5-16/h15-17,32H,1-14H2,(H,25,31)/t17-/m1/s1. The third-order valence-electron chi connectivity index (χ3n) is 6.38. The van der Waals surface area contributed by atoms with E-state index >= 15 is 0 Å². The molecule has 184 valence electrons. The van der Waals surface area contributed by atoms with Crippen molar-refractivity contribution in [2.45, 2.75) is 51.5 Å². The summed E-state index contributed by atoms with van der Waals surface area (Å²) in [7, 11) is 0. The van der Waals surface area contributed by atoms with Crippen molar-refractivity contribution in [1.82, 2.24) is 25.2 Å². The first-order valence-electron chi connectivity index (χ1n) is 11.7. The number of nitrogens with zero attached hydrogens (tertiary/aromatic N) is 4. The Bertz CT molecular complexity index is 790. The molecule has 0 radical (unpaired) electrons. The van der Waals surface area contributed by atoms with Crippen LogP contribution < -0.4 is 5.32 Å². The summed E-state index contributed by atoms with van der Waals surface area (Å²) in [6, 6.07) is 0. The molecule has 1 aliphatic heterocycles. The minimum atomic E-state index is -0.586. The van der Waals surface area contributed by atoms with Crippen molar-refractivity contribution in [2.24, 2.45) is 11.8 Å². The topological polar surface area (TPSA) is 108 Å². The minimum absolute atomic E-state index is 0.0283. The molecule has 3 rings (SSSR count). The van der Waals surface area contributed by atoms with Crippen molar-refractivity contribution in [3.63, 3.8) is 0 Å². The van der Waals surface area contributed by atoms with Crippen molar-refractivity contribution in [3.8, 4) is 0 Å². The van der Waals surface area contributed by atoms with Crippen molar-refractivity contribution in [1.29, 1.82) is 0 Å². The minimum Gasteiger partial charge on any atom is -0.379 e. The lowest BCUT2D eigenvalue weighted by atomic mass is 9.92. The number of rotatable bonds is 12. The Labute approximate surface area is 198 Å². The Morgan fingerprint density at radius 2 is 2.00 bits per heavy atom. The molecule has 0 spiro atoms. The summed E-state index contributed by atoms with van der Waals surface area (Å²) in [5.41, 5.74) is 0.262. The van der Waals surface area contributed by atoms with Crippen molar-refractivity contribution in [3.05, 3.63) is 22.5 Å². The number of amides is 2. The normalized spacial score (nSPS) is 18.3. The fourth-order valence-corrected chi connectivity index (χ4v) is 4.79.